The summed E-state index contributed by atoms with van der Waals surface area (Å²) in [4.78, 5) is 0. The van der Waals surface area contributed by atoms with Crippen LogP contribution in [0.1, 0.15) is 48.6 Å². The molecule has 0 atom stereocenters. The highest BCUT2D eigenvalue weighted by Gasteiger charge is 2.21. The maximum atomic E-state index is 3.82. The Morgan fingerprint density at radius 3 is 2.82 bits per heavy atom. The lowest BCUT2D eigenvalue weighted by atomic mass is 9.96. The Bertz CT molecular complexity index is 687. The van der Waals surface area contributed by atoms with E-state index < -0.39 is 0 Å². The van der Waals surface area contributed by atoms with Gasteiger partial charge in [-0.3, -0.25) is 0 Å². The van der Waals surface area contributed by atoms with Gasteiger partial charge in [0.2, 0.25) is 0 Å². The second kappa shape index (κ2) is 7.00. The molecule has 0 N–H and O–H groups in total. The third kappa shape index (κ3) is 2.87. The summed E-state index contributed by atoms with van der Waals surface area (Å²) in [5, 5.41) is 1.48. The van der Waals surface area contributed by atoms with E-state index in [1.54, 1.807) is 11.3 Å². The van der Waals surface area contributed by atoms with Crippen molar-refractivity contribution in [2.24, 2.45) is 0 Å². The Morgan fingerprint density at radius 1 is 1.23 bits per heavy atom. The van der Waals surface area contributed by atoms with Crippen molar-refractivity contribution in [3.8, 4) is 0 Å². The highest BCUT2D eigenvalue weighted by molar-refractivity contribution is 9.10. The SMILES string of the molecule is CCCSCCCc1cc2c(C)c(Br)c(C)c3c2n1CCC3. The maximum Gasteiger partial charge on any atom is 0.0521 e. The molecule has 120 valence electrons. The summed E-state index contributed by atoms with van der Waals surface area (Å²) >= 11 is 5.92. The summed E-state index contributed by atoms with van der Waals surface area (Å²) < 4.78 is 3.93. The minimum absolute atomic E-state index is 1.20. The number of nitrogens with zero attached hydrogens (tertiary/aromatic N) is 1. The van der Waals surface area contributed by atoms with Crippen molar-refractivity contribution in [2.45, 2.75) is 59.4 Å². The van der Waals surface area contributed by atoms with E-state index in [1.165, 1.54) is 76.7 Å². The summed E-state index contributed by atoms with van der Waals surface area (Å²) in [5.74, 6) is 2.60. The van der Waals surface area contributed by atoms with Gasteiger partial charge in [0.05, 0.1) is 5.52 Å². The average molecular weight is 380 g/mol. The Hall–Kier alpha value is -0.410. The molecule has 0 saturated carbocycles. The first-order valence-corrected chi connectivity index (χ1v) is 10.5. The van der Waals surface area contributed by atoms with Crippen molar-refractivity contribution in [3.05, 3.63) is 32.9 Å². The minimum atomic E-state index is 1.20. The van der Waals surface area contributed by atoms with Gasteiger partial charge in [-0.15, -0.1) is 0 Å². The fourth-order valence-corrected chi connectivity index (χ4v) is 5.00. The molecule has 1 aromatic carbocycles. The molecule has 0 unspecified atom stereocenters. The monoisotopic (exact) mass is 379 g/mol. The summed E-state index contributed by atoms with van der Waals surface area (Å²) in [5.41, 5.74) is 7.52. The second-order valence-electron chi connectivity index (χ2n) is 6.41. The van der Waals surface area contributed by atoms with E-state index in [0.29, 0.717) is 0 Å². The van der Waals surface area contributed by atoms with Crippen LogP contribution in [0.4, 0.5) is 0 Å². The van der Waals surface area contributed by atoms with Crippen LogP contribution in [0, 0.1) is 13.8 Å². The fraction of sp³-hybridized carbons (Fsp3) is 0.579. The predicted molar refractivity (Wildman–Crippen MR) is 103 cm³/mol. The van der Waals surface area contributed by atoms with Gasteiger partial charge in [-0.1, -0.05) is 22.9 Å². The minimum Gasteiger partial charge on any atom is -0.344 e. The standard InChI is InChI=1S/C19H26BrNS/c1-4-10-22-11-6-7-15-12-17-14(3)18(20)13(2)16-8-5-9-21(15)19(16)17/h12H,4-11H2,1-3H3. The number of thioether (sulfide) groups is 1. The van der Waals surface area contributed by atoms with Gasteiger partial charge in [-0.05, 0) is 80.2 Å². The third-order valence-electron chi connectivity index (χ3n) is 4.86. The molecule has 0 saturated heterocycles. The number of hydrogen-bond acceptors (Lipinski definition) is 1. The predicted octanol–water partition coefficient (Wildman–Crippen LogP) is 6.04. The lowest BCUT2D eigenvalue weighted by Crippen LogP contribution is -2.12. The molecule has 0 radical (unpaired) electrons. The molecule has 1 aromatic heterocycles. The van der Waals surface area contributed by atoms with E-state index in [9.17, 15) is 0 Å². The van der Waals surface area contributed by atoms with Crippen LogP contribution in [-0.4, -0.2) is 16.1 Å². The lowest BCUT2D eigenvalue weighted by molar-refractivity contribution is 0.606. The molecular formula is C19H26BrNS. The van der Waals surface area contributed by atoms with Crippen molar-refractivity contribution in [3.63, 3.8) is 0 Å². The molecule has 3 rings (SSSR count). The van der Waals surface area contributed by atoms with Crippen molar-refractivity contribution in [1.82, 2.24) is 4.57 Å². The summed E-state index contributed by atoms with van der Waals surface area (Å²) in [6.07, 6.45) is 6.33. The van der Waals surface area contributed by atoms with Gasteiger partial charge in [0.1, 0.15) is 0 Å². The highest BCUT2D eigenvalue weighted by Crippen LogP contribution is 2.38. The zero-order valence-corrected chi connectivity index (χ0v) is 16.4. The molecule has 2 heterocycles. The van der Waals surface area contributed by atoms with Crippen LogP contribution in [0.15, 0.2) is 10.5 Å². The summed E-state index contributed by atoms with van der Waals surface area (Å²) in [6, 6.07) is 2.47. The zero-order valence-electron chi connectivity index (χ0n) is 14.0. The van der Waals surface area contributed by atoms with Gasteiger partial charge < -0.3 is 4.57 Å². The molecule has 0 amide bonds. The van der Waals surface area contributed by atoms with Gasteiger partial charge in [0.25, 0.3) is 0 Å². The molecule has 22 heavy (non-hydrogen) atoms. The normalized spacial score (nSPS) is 14.0. The van der Waals surface area contributed by atoms with Gasteiger partial charge in [0, 0.05) is 22.1 Å². The topological polar surface area (TPSA) is 4.93 Å². The van der Waals surface area contributed by atoms with E-state index in [1.807, 2.05) is 0 Å². The first-order valence-electron chi connectivity index (χ1n) is 8.52. The number of aromatic nitrogens is 1. The van der Waals surface area contributed by atoms with Crippen LogP contribution in [0.5, 0.6) is 0 Å². The summed E-state index contributed by atoms with van der Waals surface area (Å²) in [6.45, 7) is 8.00. The first kappa shape index (κ1) is 16.4. The molecule has 0 aliphatic carbocycles. The van der Waals surface area contributed by atoms with E-state index in [4.69, 9.17) is 0 Å². The number of halogens is 1. The molecule has 0 fully saturated rings. The van der Waals surface area contributed by atoms with Gasteiger partial charge in [-0.25, -0.2) is 0 Å². The van der Waals surface area contributed by atoms with Gasteiger partial charge in [-0.2, -0.15) is 11.8 Å². The number of hydrogen-bond donors (Lipinski definition) is 0. The first-order chi connectivity index (χ1) is 10.6. The second-order valence-corrected chi connectivity index (χ2v) is 8.43. The number of aryl methyl sites for hydroxylation is 4. The molecule has 2 aromatic rings. The van der Waals surface area contributed by atoms with Crippen LogP contribution in [-0.2, 0) is 19.4 Å². The van der Waals surface area contributed by atoms with Crippen molar-refractivity contribution in [2.75, 3.05) is 11.5 Å². The van der Waals surface area contributed by atoms with Crippen LogP contribution in [0.2, 0.25) is 0 Å². The molecule has 0 spiro atoms. The Labute approximate surface area is 147 Å². The van der Waals surface area contributed by atoms with E-state index in [-0.39, 0.29) is 0 Å². The van der Waals surface area contributed by atoms with Crippen LogP contribution < -0.4 is 0 Å². The average Bonchev–Trinajstić information content (AvgIpc) is 2.90. The molecule has 1 aliphatic rings. The van der Waals surface area contributed by atoms with Crippen molar-refractivity contribution < 1.29 is 0 Å². The van der Waals surface area contributed by atoms with Crippen molar-refractivity contribution in [1.29, 1.82) is 0 Å². The van der Waals surface area contributed by atoms with Gasteiger partial charge >= 0.3 is 0 Å². The Balaban J connectivity index is 1.93. The van der Waals surface area contributed by atoms with E-state index >= 15 is 0 Å². The third-order valence-corrected chi connectivity index (χ3v) is 7.33. The summed E-state index contributed by atoms with van der Waals surface area (Å²) in [7, 11) is 0. The zero-order chi connectivity index (χ0) is 15.7. The van der Waals surface area contributed by atoms with E-state index in [0.717, 1.165) is 0 Å². The van der Waals surface area contributed by atoms with Crippen LogP contribution in [0.25, 0.3) is 10.9 Å². The number of benzene rings is 1. The van der Waals surface area contributed by atoms with Crippen LogP contribution in [0.3, 0.4) is 0 Å². The molecule has 0 bridgehead atoms. The van der Waals surface area contributed by atoms with E-state index in [2.05, 4.69) is 59.1 Å². The molecular weight excluding hydrogens is 354 g/mol. The van der Waals surface area contributed by atoms with Crippen molar-refractivity contribution >= 4 is 38.6 Å². The largest absolute Gasteiger partial charge is 0.344 e. The quantitative estimate of drug-likeness (QED) is 0.553. The highest BCUT2D eigenvalue weighted by atomic mass is 79.9. The maximum absolute atomic E-state index is 3.82. The number of rotatable bonds is 6. The molecule has 1 nitrogen and oxygen atoms in total. The molecule has 1 aliphatic heterocycles. The smallest absolute Gasteiger partial charge is 0.0521 e. The van der Waals surface area contributed by atoms with Crippen LogP contribution >= 0.6 is 27.7 Å². The molecule has 3 heteroatoms. The Kier molecular flexibility index (Phi) is 5.24. The fourth-order valence-electron chi connectivity index (χ4n) is 3.71. The Morgan fingerprint density at radius 2 is 2.05 bits per heavy atom. The lowest BCUT2D eigenvalue weighted by Gasteiger charge is -2.21. The van der Waals surface area contributed by atoms with Gasteiger partial charge in [0.15, 0.2) is 0 Å².